The summed E-state index contributed by atoms with van der Waals surface area (Å²) in [6, 6.07) is 3.14. The van der Waals surface area contributed by atoms with Gasteiger partial charge in [0.05, 0.1) is 23.4 Å². The molecule has 1 amide bonds. The Hall–Kier alpha value is -1.46. The van der Waals surface area contributed by atoms with Crippen molar-refractivity contribution >= 4 is 23.2 Å². The Morgan fingerprint density at radius 2 is 2.08 bits per heavy atom. The van der Waals surface area contributed by atoms with Gasteiger partial charge in [-0.15, -0.1) is 0 Å². The number of nitrogen functional groups attached to an aromatic ring is 1. The lowest BCUT2D eigenvalue weighted by atomic mass is 9.83. The summed E-state index contributed by atoms with van der Waals surface area (Å²) in [5.41, 5.74) is 6.71. The second-order valence-electron chi connectivity index (χ2n) is 6.41. The number of nitrogens with two attached hydrogens (primary N) is 1. The summed E-state index contributed by atoms with van der Waals surface area (Å²) in [5, 5.41) is 3.41. The van der Waals surface area contributed by atoms with E-state index in [1.807, 2.05) is 6.92 Å². The van der Waals surface area contributed by atoms with Crippen LogP contribution in [0.1, 0.15) is 49.4 Å². The van der Waals surface area contributed by atoms with E-state index in [-0.39, 0.29) is 11.3 Å². The first kappa shape index (κ1) is 18.9. The molecule has 0 saturated heterocycles. The first-order valence-electron chi connectivity index (χ1n) is 8.50. The molecule has 0 unspecified atom stereocenters. The Bertz CT molecular complexity index is 572. The fraction of sp³-hybridized carbons (Fsp3) is 0.611. The topological polar surface area (TPSA) is 73.6 Å². The lowest BCUT2D eigenvalue weighted by Crippen LogP contribution is -2.37. The van der Waals surface area contributed by atoms with Gasteiger partial charge in [-0.2, -0.15) is 0 Å². The summed E-state index contributed by atoms with van der Waals surface area (Å²) < 4.78 is 10.8. The zero-order valence-electron chi connectivity index (χ0n) is 14.5. The number of carbonyl (C=O) groups excluding carboxylic acids is 1. The van der Waals surface area contributed by atoms with Gasteiger partial charge in [0.25, 0.3) is 5.91 Å². The lowest BCUT2D eigenvalue weighted by molar-refractivity contribution is 0.0861. The van der Waals surface area contributed by atoms with Crippen LogP contribution in [0.3, 0.4) is 0 Å². The first-order valence-corrected chi connectivity index (χ1v) is 8.88. The highest BCUT2D eigenvalue weighted by atomic mass is 35.5. The van der Waals surface area contributed by atoms with Gasteiger partial charge in [-0.25, -0.2) is 0 Å². The highest BCUT2D eigenvalue weighted by Crippen LogP contribution is 2.40. The third kappa shape index (κ3) is 4.54. The molecule has 3 N–H and O–H groups in total. The maximum Gasteiger partial charge on any atom is 0.255 e. The van der Waals surface area contributed by atoms with Gasteiger partial charge >= 0.3 is 0 Å². The Labute approximate surface area is 148 Å². The molecule has 1 saturated carbocycles. The highest BCUT2D eigenvalue weighted by Gasteiger charge is 2.34. The van der Waals surface area contributed by atoms with E-state index >= 15 is 0 Å². The number of nitrogens with one attached hydrogen (secondary N) is 1. The van der Waals surface area contributed by atoms with E-state index in [0.717, 1.165) is 32.5 Å². The molecule has 1 fully saturated rings. The Kier molecular flexibility index (Phi) is 6.75. The van der Waals surface area contributed by atoms with Crippen molar-refractivity contribution in [1.82, 2.24) is 5.32 Å². The number of anilines is 1. The molecule has 5 nitrogen and oxygen atoms in total. The van der Waals surface area contributed by atoms with E-state index in [4.69, 9.17) is 26.8 Å². The van der Waals surface area contributed by atoms with Gasteiger partial charge in [0.2, 0.25) is 0 Å². The predicted octanol–water partition coefficient (Wildman–Crippen LogP) is 3.65. The molecule has 6 heteroatoms. The van der Waals surface area contributed by atoms with Crippen molar-refractivity contribution in [2.24, 2.45) is 5.41 Å². The minimum absolute atomic E-state index is 0.135. The first-order chi connectivity index (χ1) is 11.5. The summed E-state index contributed by atoms with van der Waals surface area (Å²) in [4.78, 5) is 12.6. The monoisotopic (exact) mass is 354 g/mol. The molecule has 1 aromatic rings. The summed E-state index contributed by atoms with van der Waals surface area (Å²) in [6.45, 7) is 4.11. The van der Waals surface area contributed by atoms with Crippen LogP contribution < -0.4 is 15.8 Å². The number of carbonyl (C=O) groups is 1. The lowest BCUT2D eigenvalue weighted by Gasteiger charge is -2.29. The average molecular weight is 355 g/mol. The molecule has 2 rings (SSSR count). The van der Waals surface area contributed by atoms with Crippen LogP contribution in [0.25, 0.3) is 0 Å². The zero-order chi connectivity index (χ0) is 17.6. The molecule has 0 aromatic heterocycles. The van der Waals surface area contributed by atoms with Gasteiger partial charge in [-0.05, 0) is 37.7 Å². The van der Waals surface area contributed by atoms with Crippen LogP contribution in [0, 0.1) is 5.41 Å². The van der Waals surface area contributed by atoms with E-state index in [1.54, 1.807) is 12.1 Å². The standard InChI is InChI=1S/C18H27ClN2O3/c1-3-24-9-8-18(6-4-5-7-18)12-21-17(22)13-10-14(19)15(20)11-16(13)23-2/h10-11H,3-9,12,20H2,1-2H3,(H,21,22). The largest absolute Gasteiger partial charge is 0.496 e. The number of halogens is 1. The summed E-state index contributed by atoms with van der Waals surface area (Å²) in [6.07, 6.45) is 5.64. The van der Waals surface area contributed by atoms with Crippen LogP contribution in [0.4, 0.5) is 5.69 Å². The van der Waals surface area contributed by atoms with E-state index in [1.165, 1.54) is 20.0 Å². The van der Waals surface area contributed by atoms with Crippen molar-refractivity contribution in [3.63, 3.8) is 0 Å². The third-order valence-electron chi connectivity index (χ3n) is 4.83. The molecular weight excluding hydrogens is 328 g/mol. The molecule has 24 heavy (non-hydrogen) atoms. The highest BCUT2D eigenvalue weighted by molar-refractivity contribution is 6.33. The molecule has 1 aromatic carbocycles. The second kappa shape index (κ2) is 8.58. The second-order valence-corrected chi connectivity index (χ2v) is 6.82. The smallest absolute Gasteiger partial charge is 0.255 e. The SMILES string of the molecule is CCOCCC1(CNC(=O)c2cc(Cl)c(N)cc2OC)CCCC1. The van der Waals surface area contributed by atoms with Crippen molar-refractivity contribution < 1.29 is 14.3 Å². The van der Waals surface area contributed by atoms with Gasteiger partial charge in [0.15, 0.2) is 0 Å². The van der Waals surface area contributed by atoms with E-state index < -0.39 is 0 Å². The van der Waals surface area contributed by atoms with Crippen molar-refractivity contribution in [1.29, 1.82) is 0 Å². The summed E-state index contributed by atoms with van der Waals surface area (Å²) in [7, 11) is 1.51. The molecule has 0 aliphatic heterocycles. The molecule has 0 bridgehead atoms. The van der Waals surface area contributed by atoms with Gasteiger partial charge in [0, 0.05) is 25.8 Å². The zero-order valence-corrected chi connectivity index (χ0v) is 15.2. The molecule has 0 heterocycles. The van der Waals surface area contributed by atoms with Crippen molar-refractivity contribution in [2.75, 3.05) is 32.6 Å². The maximum atomic E-state index is 12.6. The summed E-state index contributed by atoms with van der Waals surface area (Å²) >= 11 is 6.05. The quantitative estimate of drug-likeness (QED) is 0.552. The Balaban J connectivity index is 2.04. The number of rotatable bonds is 8. The van der Waals surface area contributed by atoms with Crippen LogP contribution in [-0.4, -0.2) is 32.8 Å². The molecular formula is C18H27ClN2O3. The van der Waals surface area contributed by atoms with Crippen molar-refractivity contribution in [3.8, 4) is 5.75 Å². The molecule has 0 atom stereocenters. The number of hydrogen-bond donors (Lipinski definition) is 2. The fourth-order valence-electron chi connectivity index (χ4n) is 3.35. The van der Waals surface area contributed by atoms with E-state index in [0.29, 0.717) is 28.6 Å². The van der Waals surface area contributed by atoms with Gasteiger partial charge in [-0.3, -0.25) is 4.79 Å². The molecule has 1 aliphatic rings. The molecule has 0 radical (unpaired) electrons. The number of methoxy groups -OCH3 is 1. The molecule has 134 valence electrons. The van der Waals surface area contributed by atoms with Crippen LogP contribution in [0.5, 0.6) is 5.75 Å². The van der Waals surface area contributed by atoms with Gasteiger partial charge in [-0.1, -0.05) is 24.4 Å². The number of hydrogen-bond acceptors (Lipinski definition) is 4. The van der Waals surface area contributed by atoms with Crippen LogP contribution >= 0.6 is 11.6 Å². The van der Waals surface area contributed by atoms with Crippen LogP contribution in [-0.2, 0) is 4.74 Å². The number of amides is 1. The minimum Gasteiger partial charge on any atom is -0.496 e. The number of benzene rings is 1. The number of ether oxygens (including phenoxy) is 2. The minimum atomic E-state index is -0.184. The third-order valence-corrected chi connectivity index (χ3v) is 5.16. The average Bonchev–Trinajstić information content (AvgIpc) is 3.04. The normalized spacial score (nSPS) is 16.1. The van der Waals surface area contributed by atoms with Crippen molar-refractivity contribution in [2.45, 2.75) is 39.0 Å². The molecule has 0 spiro atoms. The van der Waals surface area contributed by atoms with Crippen molar-refractivity contribution in [3.05, 3.63) is 22.7 Å². The van der Waals surface area contributed by atoms with E-state index in [2.05, 4.69) is 5.32 Å². The van der Waals surface area contributed by atoms with Gasteiger partial charge in [0.1, 0.15) is 5.75 Å². The fourth-order valence-corrected chi connectivity index (χ4v) is 3.52. The van der Waals surface area contributed by atoms with Gasteiger partial charge < -0.3 is 20.5 Å². The van der Waals surface area contributed by atoms with E-state index in [9.17, 15) is 4.79 Å². The Morgan fingerprint density at radius 3 is 2.71 bits per heavy atom. The van der Waals surface area contributed by atoms with Crippen LogP contribution in [0.15, 0.2) is 12.1 Å². The predicted molar refractivity (Wildman–Crippen MR) is 96.8 cm³/mol. The van der Waals surface area contributed by atoms with Crippen LogP contribution in [0.2, 0.25) is 5.02 Å². The summed E-state index contributed by atoms with van der Waals surface area (Å²) in [5.74, 6) is 0.251. The molecule has 1 aliphatic carbocycles. The maximum absolute atomic E-state index is 12.6. The Morgan fingerprint density at radius 1 is 1.38 bits per heavy atom.